The van der Waals surface area contributed by atoms with Gasteiger partial charge >= 0.3 is 0 Å². The summed E-state index contributed by atoms with van der Waals surface area (Å²) >= 11 is 0. The number of carbonyl (C=O) groups excluding carboxylic acids is 1. The van der Waals surface area contributed by atoms with Gasteiger partial charge < -0.3 is 4.84 Å². The maximum absolute atomic E-state index is 12.2. The second kappa shape index (κ2) is 7.77. The Morgan fingerprint density at radius 2 is 1.75 bits per heavy atom. The first-order chi connectivity index (χ1) is 11.8. The standard InChI is InChI=1S/C20H22N2O2/c1-2-3-9-19-21-24-15-20(23)22(19)14-16-10-12-18(13-11-16)17-7-5-4-6-8-17/h4-8,10-13H,2-3,9,14-15H2,1H3. The Kier molecular flexibility index (Phi) is 5.26. The van der Waals surface area contributed by atoms with E-state index < -0.39 is 0 Å². The average Bonchev–Trinajstić information content (AvgIpc) is 2.63. The maximum atomic E-state index is 12.2. The molecule has 0 radical (unpaired) electrons. The van der Waals surface area contributed by atoms with Gasteiger partial charge in [0.25, 0.3) is 5.91 Å². The van der Waals surface area contributed by atoms with Crippen LogP contribution in [0.25, 0.3) is 11.1 Å². The molecule has 0 spiro atoms. The number of carbonyl (C=O) groups is 1. The number of amides is 1. The smallest absolute Gasteiger partial charge is 0.269 e. The molecule has 2 aromatic rings. The minimum atomic E-state index is -0.0248. The summed E-state index contributed by atoms with van der Waals surface area (Å²) < 4.78 is 0. The number of unbranched alkanes of at least 4 members (excludes halogenated alkanes) is 1. The molecule has 0 atom stereocenters. The zero-order chi connectivity index (χ0) is 16.8. The van der Waals surface area contributed by atoms with Crippen molar-refractivity contribution in [2.45, 2.75) is 32.7 Å². The molecule has 0 bridgehead atoms. The molecule has 4 nitrogen and oxygen atoms in total. The fraction of sp³-hybridized carbons (Fsp3) is 0.300. The zero-order valence-electron chi connectivity index (χ0n) is 13.9. The first-order valence-corrected chi connectivity index (χ1v) is 8.41. The van der Waals surface area contributed by atoms with Gasteiger partial charge in [-0.3, -0.25) is 9.69 Å². The summed E-state index contributed by atoms with van der Waals surface area (Å²) in [7, 11) is 0. The van der Waals surface area contributed by atoms with Gasteiger partial charge in [-0.2, -0.15) is 0 Å². The Morgan fingerprint density at radius 1 is 1.04 bits per heavy atom. The van der Waals surface area contributed by atoms with Gasteiger partial charge in [0.1, 0.15) is 0 Å². The van der Waals surface area contributed by atoms with E-state index in [-0.39, 0.29) is 12.5 Å². The fourth-order valence-electron chi connectivity index (χ4n) is 2.74. The number of nitrogens with zero attached hydrogens (tertiary/aromatic N) is 2. The van der Waals surface area contributed by atoms with E-state index in [1.165, 1.54) is 11.1 Å². The van der Waals surface area contributed by atoms with Crippen molar-refractivity contribution >= 4 is 11.7 Å². The molecule has 124 valence electrons. The Balaban J connectivity index is 1.73. The minimum Gasteiger partial charge on any atom is -0.384 e. The molecule has 4 heteroatoms. The van der Waals surface area contributed by atoms with Crippen LogP contribution in [-0.2, 0) is 16.2 Å². The highest BCUT2D eigenvalue weighted by atomic mass is 16.6. The Labute approximate surface area is 142 Å². The predicted octanol–water partition coefficient (Wildman–Crippen LogP) is 4.22. The van der Waals surface area contributed by atoms with Gasteiger partial charge in [0.2, 0.25) is 0 Å². The van der Waals surface area contributed by atoms with Crippen LogP contribution >= 0.6 is 0 Å². The topological polar surface area (TPSA) is 41.9 Å². The van der Waals surface area contributed by atoms with E-state index in [2.05, 4.69) is 48.5 Å². The van der Waals surface area contributed by atoms with Crippen LogP contribution in [0, 0.1) is 0 Å². The van der Waals surface area contributed by atoms with E-state index in [0.717, 1.165) is 30.7 Å². The van der Waals surface area contributed by atoms with Crippen LogP contribution < -0.4 is 0 Å². The summed E-state index contributed by atoms with van der Waals surface area (Å²) in [6, 6.07) is 18.6. The van der Waals surface area contributed by atoms with Crippen LogP contribution in [0.5, 0.6) is 0 Å². The van der Waals surface area contributed by atoms with Crippen molar-refractivity contribution in [3.63, 3.8) is 0 Å². The molecule has 24 heavy (non-hydrogen) atoms. The second-order valence-electron chi connectivity index (χ2n) is 5.93. The number of rotatable bonds is 6. The minimum absolute atomic E-state index is 0.0248. The second-order valence-corrected chi connectivity index (χ2v) is 5.93. The summed E-state index contributed by atoms with van der Waals surface area (Å²) in [5, 5.41) is 4.08. The average molecular weight is 322 g/mol. The van der Waals surface area contributed by atoms with Gasteiger partial charge in [-0.15, -0.1) is 0 Å². The summed E-state index contributed by atoms with van der Waals surface area (Å²) in [4.78, 5) is 19.0. The van der Waals surface area contributed by atoms with Gasteiger partial charge in [0.05, 0.1) is 6.54 Å². The molecule has 1 aliphatic heterocycles. The molecule has 0 saturated heterocycles. The van der Waals surface area contributed by atoms with Crippen molar-refractivity contribution in [2.75, 3.05) is 6.61 Å². The van der Waals surface area contributed by atoms with Gasteiger partial charge in [-0.1, -0.05) is 73.1 Å². The van der Waals surface area contributed by atoms with Gasteiger partial charge in [0, 0.05) is 6.42 Å². The van der Waals surface area contributed by atoms with E-state index in [1.807, 2.05) is 18.2 Å². The zero-order valence-corrected chi connectivity index (χ0v) is 13.9. The van der Waals surface area contributed by atoms with E-state index >= 15 is 0 Å². The summed E-state index contributed by atoms with van der Waals surface area (Å²) in [5.41, 5.74) is 3.46. The summed E-state index contributed by atoms with van der Waals surface area (Å²) in [6.07, 6.45) is 2.83. The number of benzene rings is 2. The fourth-order valence-corrected chi connectivity index (χ4v) is 2.74. The van der Waals surface area contributed by atoms with Crippen LogP contribution in [0.4, 0.5) is 0 Å². The van der Waals surface area contributed by atoms with Crippen molar-refractivity contribution < 1.29 is 9.63 Å². The number of oxime groups is 1. The van der Waals surface area contributed by atoms with Crippen molar-refractivity contribution in [3.8, 4) is 11.1 Å². The summed E-state index contributed by atoms with van der Waals surface area (Å²) in [5.74, 6) is 0.712. The molecule has 0 aliphatic carbocycles. The normalized spacial score (nSPS) is 14.3. The lowest BCUT2D eigenvalue weighted by Crippen LogP contribution is -2.41. The van der Waals surface area contributed by atoms with E-state index in [9.17, 15) is 4.79 Å². The Morgan fingerprint density at radius 3 is 2.46 bits per heavy atom. The molecule has 0 unspecified atom stereocenters. The molecule has 0 aromatic heterocycles. The third-order valence-electron chi connectivity index (χ3n) is 4.13. The molecule has 0 N–H and O–H groups in total. The molecular weight excluding hydrogens is 300 g/mol. The number of hydrogen-bond acceptors (Lipinski definition) is 3. The van der Waals surface area contributed by atoms with Crippen LogP contribution in [0.15, 0.2) is 59.8 Å². The molecule has 2 aromatic carbocycles. The summed E-state index contributed by atoms with van der Waals surface area (Å²) in [6.45, 7) is 2.69. The largest absolute Gasteiger partial charge is 0.384 e. The van der Waals surface area contributed by atoms with Gasteiger partial charge in [0.15, 0.2) is 12.4 Å². The van der Waals surface area contributed by atoms with Crippen LogP contribution in [0.3, 0.4) is 0 Å². The lowest BCUT2D eigenvalue weighted by molar-refractivity contribution is -0.135. The quantitative estimate of drug-likeness (QED) is 0.799. The first-order valence-electron chi connectivity index (χ1n) is 8.41. The Bertz CT molecular complexity index is 708. The van der Waals surface area contributed by atoms with Gasteiger partial charge in [-0.25, -0.2) is 0 Å². The van der Waals surface area contributed by atoms with Crippen molar-refractivity contribution in [2.24, 2.45) is 5.16 Å². The lowest BCUT2D eigenvalue weighted by Gasteiger charge is -2.26. The molecule has 1 heterocycles. The SMILES string of the molecule is CCCCC1=NOCC(=O)N1Cc1ccc(-c2ccccc2)cc1. The van der Waals surface area contributed by atoms with Crippen molar-refractivity contribution in [3.05, 3.63) is 60.2 Å². The van der Waals surface area contributed by atoms with Crippen molar-refractivity contribution in [1.29, 1.82) is 0 Å². The monoisotopic (exact) mass is 322 g/mol. The molecule has 0 fully saturated rings. The lowest BCUT2D eigenvalue weighted by atomic mass is 10.0. The van der Waals surface area contributed by atoms with Crippen LogP contribution in [0.2, 0.25) is 0 Å². The third-order valence-corrected chi connectivity index (χ3v) is 4.13. The number of amidine groups is 1. The predicted molar refractivity (Wildman–Crippen MR) is 95.3 cm³/mol. The van der Waals surface area contributed by atoms with E-state index in [1.54, 1.807) is 4.90 Å². The molecule has 0 saturated carbocycles. The van der Waals surface area contributed by atoms with Crippen LogP contribution in [0.1, 0.15) is 31.7 Å². The highest BCUT2D eigenvalue weighted by molar-refractivity contribution is 5.99. The van der Waals surface area contributed by atoms with E-state index in [0.29, 0.717) is 6.54 Å². The van der Waals surface area contributed by atoms with Crippen LogP contribution in [-0.4, -0.2) is 23.2 Å². The maximum Gasteiger partial charge on any atom is 0.269 e. The Hall–Kier alpha value is -2.62. The van der Waals surface area contributed by atoms with E-state index in [4.69, 9.17) is 4.84 Å². The molecule has 1 amide bonds. The number of hydrogen-bond donors (Lipinski definition) is 0. The molecule has 1 aliphatic rings. The highest BCUT2D eigenvalue weighted by Gasteiger charge is 2.24. The highest BCUT2D eigenvalue weighted by Crippen LogP contribution is 2.20. The molecule has 3 rings (SSSR count). The van der Waals surface area contributed by atoms with Crippen molar-refractivity contribution in [1.82, 2.24) is 4.90 Å². The van der Waals surface area contributed by atoms with Gasteiger partial charge in [-0.05, 0) is 23.1 Å². The first kappa shape index (κ1) is 16.2. The molecular formula is C20H22N2O2. The third kappa shape index (κ3) is 3.82.